The number of benzene rings is 2. The fraction of sp³-hybridized carbons (Fsp3) is 0.273. The van der Waals surface area contributed by atoms with Gasteiger partial charge in [-0.25, -0.2) is 4.39 Å². The lowest BCUT2D eigenvalue weighted by Crippen LogP contribution is -2.32. The van der Waals surface area contributed by atoms with Crippen LogP contribution in [0, 0.1) is 19.7 Å². The van der Waals surface area contributed by atoms with Crippen LogP contribution in [0.4, 0.5) is 4.39 Å². The molecule has 1 aliphatic rings. The van der Waals surface area contributed by atoms with Crippen LogP contribution < -0.4 is 0 Å². The third kappa shape index (κ3) is 3.17. The minimum Gasteiger partial charge on any atom is -0.507 e. The van der Waals surface area contributed by atoms with E-state index < -0.39 is 6.04 Å². The van der Waals surface area contributed by atoms with Crippen molar-refractivity contribution in [3.8, 4) is 17.0 Å². The number of aromatic hydroxyl groups is 1. The Balaban J connectivity index is 1.91. The standard InChI is InChI=1S/C22H22FN3O3/c1-12-10-13(2)17(16(27)11-12)19-18-20(25-24-19)22(28)26(8-9-29-3)21(18)14-4-6-15(23)7-5-14/h4-7,10-11,21,27H,8-9H2,1-3H3,(H,24,25)/t21-/m0/s1. The number of fused-ring (bicyclic) bond motifs is 1. The zero-order valence-electron chi connectivity index (χ0n) is 16.5. The predicted molar refractivity (Wildman–Crippen MR) is 106 cm³/mol. The smallest absolute Gasteiger partial charge is 0.273 e. The third-order valence-electron chi connectivity index (χ3n) is 5.28. The molecule has 1 atom stereocenters. The molecule has 2 aromatic carbocycles. The largest absolute Gasteiger partial charge is 0.507 e. The molecule has 0 bridgehead atoms. The van der Waals surface area contributed by atoms with Crippen molar-refractivity contribution in [1.29, 1.82) is 0 Å². The highest BCUT2D eigenvalue weighted by molar-refractivity contribution is 6.00. The van der Waals surface area contributed by atoms with Gasteiger partial charge in [-0.2, -0.15) is 5.10 Å². The minimum atomic E-state index is -0.456. The van der Waals surface area contributed by atoms with Crippen LogP contribution in [-0.4, -0.2) is 46.4 Å². The minimum absolute atomic E-state index is 0.109. The van der Waals surface area contributed by atoms with Crippen molar-refractivity contribution in [2.75, 3.05) is 20.3 Å². The number of nitrogens with zero attached hydrogens (tertiary/aromatic N) is 2. The molecule has 1 aromatic heterocycles. The summed E-state index contributed by atoms with van der Waals surface area (Å²) in [5.41, 5.74) is 4.73. The molecule has 0 radical (unpaired) electrons. The Kier molecular flexibility index (Phi) is 4.84. The first-order valence-corrected chi connectivity index (χ1v) is 9.36. The molecule has 0 fully saturated rings. The first-order chi connectivity index (χ1) is 13.9. The van der Waals surface area contributed by atoms with Gasteiger partial charge in [-0.3, -0.25) is 9.89 Å². The summed E-state index contributed by atoms with van der Waals surface area (Å²) in [4.78, 5) is 14.8. The molecular weight excluding hydrogens is 373 g/mol. The number of aryl methyl sites for hydroxylation is 2. The molecule has 1 amide bonds. The highest BCUT2D eigenvalue weighted by atomic mass is 19.1. The van der Waals surface area contributed by atoms with Crippen LogP contribution in [0.2, 0.25) is 0 Å². The lowest BCUT2D eigenvalue weighted by Gasteiger charge is -2.26. The molecule has 0 aliphatic carbocycles. The normalized spacial score (nSPS) is 15.8. The Morgan fingerprint density at radius 1 is 1.24 bits per heavy atom. The number of carbonyl (C=O) groups is 1. The number of nitrogens with one attached hydrogen (secondary N) is 1. The van der Waals surface area contributed by atoms with Crippen LogP contribution in [0.25, 0.3) is 11.3 Å². The molecule has 29 heavy (non-hydrogen) atoms. The topological polar surface area (TPSA) is 78.5 Å². The highest BCUT2D eigenvalue weighted by Crippen LogP contribution is 2.45. The van der Waals surface area contributed by atoms with E-state index in [9.17, 15) is 14.3 Å². The van der Waals surface area contributed by atoms with Crippen LogP contribution in [-0.2, 0) is 4.74 Å². The lowest BCUT2D eigenvalue weighted by molar-refractivity contribution is 0.0677. The van der Waals surface area contributed by atoms with Gasteiger partial charge >= 0.3 is 0 Å². The number of carbonyl (C=O) groups excluding carboxylic acids is 1. The molecule has 0 spiro atoms. The molecule has 0 unspecified atom stereocenters. The number of hydrogen-bond donors (Lipinski definition) is 2. The Bertz CT molecular complexity index is 1050. The summed E-state index contributed by atoms with van der Waals surface area (Å²) < 4.78 is 18.7. The van der Waals surface area contributed by atoms with Crippen LogP contribution in [0.15, 0.2) is 36.4 Å². The molecule has 4 rings (SSSR count). The van der Waals surface area contributed by atoms with E-state index in [-0.39, 0.29) is 17.5 Å². The van der Waals surface area contributed by atoms with Gasteiger partial charge in [0.15, 0.2) is 0 Å². The van der Waals surface area contributed by atoms with Crippen molar-refractivity contribution < 1.29 is 19.0 Å². The summed E-state index contributed by atoms with van der Waals surface area (Å²) >= 11 is 0. The van der Waals surface area contributed by atoms with E-state index in [1.165, 1.54) is 12.1 Å². The maximum atomic E-state index is 13.5. The van der Waals surface area contributed by atoms with E-state index >= 15 is 0 Å². The Labute approximate surface area is 167 Å². The number of H-pyrrole nitrogens is 1. The van der Waals surface area contributed by atoms with Crippen LogP contribution >= 0.6 is 0 Å². The van der Waals surface area contributed by atoms with Gasteiger partial charge in [-0.15, -0.1) is 0 Å². The van der Waals surface area contributed by atoms with Gasteiger partial charge in [0.05, 0.1) is 12.6 Å². The SMILES string of the molecule is COCCN1C(=O)c2[nH]nc(-c3c(C)cc(C)cc3O)c2[C@@H]1c1ccc(F)cc1. The maximum Gasteiger partial charge on any atom is 0.273 e. The number of ether oxygens (including phenoxy) is 1. The molecule has 6 nitrogen and oxygen atoms in total. The number of amides is 1. The molecule has 1 aliphatic heterocycles. The van der Waals surface area contributed by atoms with E-state index in [0.717, 1.165) is 16.7 Å². The van der Waals surface area contributed by atoms with Gasteiger partial charge in [-0.05, 0) is 48.7 Å². The number of halogens is 1. The third-order valence-corrected chi connectivity index (χ3v) is 5.28. The molecule has 0 saturated carbocycles. The maximum absolute atomic E-state index is 13.5. The average molecular weight is 395 g/mol. The zero-order valence-corrected chi connectivity index (χ0v) is 16.5. The molecular formula is C22H22FN3O3. The number of phenols is 1. The van der Waals surface area contributed by atoms with E-state index in [2.05, 4.69) is 10.2 Å². The molecule has 7 heteroatoms. The quantitative estimate of drug-likeness (QED) is 0.690. The first kappa shape index (κ1) is 19.1. The number of methoxy groups -OCH3 is 1. The van der Waals surface area contributed by atoms with Gasteiger partial charge in [0, 0.05) is 24.8 Å². The fourth-order valence-electron chi connectivity index (χ4n) is 4.05. The van der Waals surface area contributed by atoms with Crippen LogP contribution in [0.1, 0.15) is 38.8 Å². The summed E-state index contributed by atoms with van der Waals surface area (Å²) in [6, 6.07) is 9.27. The van der Waals surface area contributed by atoms with Gasteiger partial charge in [0.25, 0.3) is 5.91 Å². The summed E-state index contributed by atoms with van der Waals surface area (Å²) in [7, 11) is 1.58. The second-order valence-electron chi connectivity index (χ2n) is 7.28. The number of aromatic nitrogens is 2. The van der Waals surface area contributed by atoms with Crippen molar-refractivity contribution in [1.82, 2.24) is 15.1 Å². The Morgan fingerprint density at radius 3 is 2.62 bits per heavy atom. The van der Waals surface area contributed by atoms with Crippen molar-refractivity contribution >= 4 is 5.91 Å². The highest BCUT2D eigenvalue weighted by Gasteiger charge is 2.42. The summed E-state index contributed by atoms with van der Waals surface area (Å²) in [5.74, 6) is -0.437. The fourth-order valence-corrected chi connectivity index (χ4v) is 4.05. The van der Waals surface area contributed by atoms with Crippen molar-refractivity contribution in [2.45, 2.75) is 19.9 Å². The van der Waals surface area contributed by atoms with E-state index in [1.54, 1.807) is 30.2 Å². The van der Waals surface area contributed by atoms with Gasteiger partial charge in [0.2, 0.25) is 0 Å². The summed E-state index contributed by atoms with van der Waals surface area (Å²) in [6.45, 7) is 4.54. The lowest BCUT2D eigenvalue weighted by atomic mass is 9.93. The molecule has 3 aromatic rings. The second kappa shape index (κ2) is 7.33. The van der Waals surface area contributed by atoms with Gasteiger partial charge < -0.3 is 14.7 Å². The predicted octanol–water partition coefficient (Wildman–Crippen LogP) is 3.73. The summed E-state index contributed by atoms with van der Waals surface area (Å²) in [5, 5.41) is 17.9. The molecule has 2 heterocycles. The zero-order chi connectivity index (χ0) is 20.7. The van der Waals surface area contributed by atoms with Crippen molar-refractivity contribution in [3.05, 3.63) is 70.2 Å². The molecule has 0 saturated heterocycles. The number of aromatic amines is 1. The number of hydrogen-bond acceptors (Lipinski definition) is 4. The number of phenolic OH excluding ortho intramolecular Hbond substituents is 1. The van der Waals surface area contributed by atoms with E-state index in [0.29, 0.717) is 35.7 Å². The van der Waals surface area contributed by atoms with Crippen molar-refractivity contribution in [3.63, 3.8) is 0 Å². The Morgan fingerprint density at radius 2 is 1.97 bits per heavy atom. The summed E-state index contributed by atoms with van der Waals surface area (Å²) in [6.07, 6.45) is 0. The first-order valence-electron chi connectivity index (χ1n) is 9.36. The number of rotatable bonds is 5. The molecule has 2 N–H and O–H groups in total. The van der Waals surface area contributed by atoms with E-state index in [4.69, 9.17) is 4.74 Å². The van der Waals surface area contributed by atoms with Crippen LogP contribution in [0.5, 0.6) is 5.75 Å². The van der Waals surface area contributed by atoms with Crippen LogP contribution in [0.3, 0.4) is 0 Å². The van der Waals surface area contributed by atoms with E-state index in [1.807, 2.05) is 19.9 Å². The van der Waals surface area contributed by atoms with Gasteiger partial charge in [-0.1, -0.05) is 18.2 Å². The molecule has 150 valence electrons. The van der Waals surface area contributed by atoms with Gasteiger partial charge in [0.1, 0.15) is 23.0 Å². The Hall–Kier alpha value is -3.19. The average Bonchev–Trinajstić information content (AvgIpc) is 3.20. The van der Waals surface area contributed by atoms with Crippen molar-refractivity contribution in [2.24, 2.45) is 0 Å². The second-order valence-corrected chi connectivity index (χ2v) is 7.28. The monoisotopic (exact) mass is 395 g/mol.